The molecule has 0 unspecified atom stereocenters. The Morgan fingerprint density at radius 3 is 2.11 bits per heavy atom. The van der Waals surface area contributed by atoms with Gasteiger partial charge in [-0.15, -0.1) is 0 Å². The van der Waals surface area contributed by atoms with Crippen molar-refractivity contribution in [3.8, 4) is 0 Å². The molecule has 0 aromatic heterocycles. The summed E-state index contributed by atoms with van der Waals surface area (Å²) < 4.78 is 4.51. The van der Waals surface area contributed by atoms with E-state index in [0.717, 1.165) is 0 Å². The summed E-state index contributed by atoms with van der Waals surface area (Å²) in [6.45, 7) is 0.732. The van der Waals surface area contributed by atoms with Gasteiger partial charge in [-0.2, -0.15) is 0 Å². The van der Waals surface area contributed by atoms with E-state index in [0.29, 0.717) is 0 Å². The highest BCUT2D eigenvalue weighted by molar-refractivity contribution is 6.50. The normalized spacial score (nSPS) is 10.1. The number of ether oxygens (including phenoxy) is 1. The zero-order chi connectivity index (χ0) is 13.9. The number of nitrogens with one attached hydrogen (secondary N) is 1. The van der Waals surface area contributed by atoms with Crippen LogP contribution in [0.5, 0.6) is 0 Å². The van der Waals surface area contributed by atoms with E-state index < -0.39 is 18.5 Å². The van der Waals surface area contributed by atoms with Gasteiger partial charge in [0.25, 0.3) is 5.91 Å². The highest BCUT2D eigenvalue weighted by atomic mass is 35.5. The second kappa shape index (κ2) is 6.48. The lowest BCUT2D eigenvalue weighted by atomic mass is 10.3. The molecule has 0 saturated heterocycles. The molecule has 0 heterocycles. The van der Waals surface area contributed by atoms with E-state index in [9.17, 15) is 9.59 Å². The molecule has 0 aliphatic carbocycles. The molecule has 4 nitrogen and oxygen atoms in total. The molecular weight excluding hydrogens is 324 g/mol. The van der Waals surface area contributed by atoms with Crippen LogP contribution >= 0.6 is 46.4 Å². The zero-order valence-electron chi connectivity index (χ0n) is 9.02. The molecule has 8 heteroatoms. The summed E-state index contributed by atoms with van der Waals surface area (Å²) in [5, 5.41) is 2.78. The summed E-state index contributed by atoms with van der Waals surface area (Å²) in [6.07, 6.45) is 0. The maximum absolute atomic E-state index is 11.5. The number of hydrogen-bond acceptors (Lipinski definition) is 3. The smallest absolute Gasteiger partial charge is 0.303 e. The molecule has 0 radical (unpaired) electrons. The van der Waals surface area contributed by atoms with Crippen LogP contribution in [0, 0.1) is 0 Å². The van der Waals surface area contributed by atoms with E-state index in [2.05, 4.69) is 10.1 Å². The summed E-state index contributed by atoms with van der Waals surface area (Å²) in [5.74, 6) is -1.18. The predicted octanol–water partition coefficient (Wildman–Crippen LogP) is 3.80. The van der Waals surface area contributed by atoms with Crippen LogP contribution in [0.2, 0.25) is 20.1 Å². The first-order valence-corrected chi connectivity index (χ1v) is 6.10. The molecule has 0 aliphatic rings. The van der Waals surface area contributed by atoms with Gasteiger partial charge in [0.2, 0.25) is 0 Å². The Morgan fingerprint density at radius 1 is 1.17 bits per heavy atom. The molecule has 0 bridgehead atoms. The molecule has 0 spiro atoms. The maximum Gasteiger partial charge on any atom is 0.303 e. The third kappa shape index (κ3) is 3.92. The standard InChI is InChI=1S/C10H7Cl4NO3/c1-4(16)18-3-7(17)15-10-8(13)5(11)2-6(12)9(10)14/h2H,3H2,1H3,(H,15,17). The van der Waals surface area contributed by atoms with Crippen LogP contribution in [0.1, 0.15) is 6.92 Å². The van der Waals surface area contributed by atoms with Gasteiger partial charge in [-0.05, 0) is 6.07 Å². The number of anilines is 1. The average Bonchev–Trinajstić information content (AvgIpc) is 2.29. The summed E-state index contributed by atoms with van der Waals surface area (Å²) in [4.78, 5) is 22.0. The van der Waals surface area contributed by atoms with Crippen molar-refractivity contribution in [1.82, 2.24) is 0 Å². The molecule has 0 saturated carbocycles. The Hall–Kier alpha value is -0.680. The van der Waals surface area contributed by atoms with Crippen molar-refractivity contribution in [3.63, 3.8) is 0 Å². The fourth-order valence-corrected chi connectivity index (χ4v) is 1.93. The SMILES string of the molecule is CC(=O)OCC(=O)Nc1c(Cl)c(Cl)cc(Cl)c1Cl. The fraction of sp³-hybridized carbons (Fsp3) is 0.200. The molecule has 0 fully saturated rings. The van der Waals surface area contributed by atoms with E-state index in [1.165, 1.54) is 13.0 Å². The molecule has 1 rings (SSSR count). The number of halogens is 4. The minimum atomic E-state index is -0.604. The van der Waals surface area contributed by atoms with Gasteiger partial charge in [-0.25, -0.2) is 0 Å². The van der Waals surface area contributed by atoms with E-state index in [4.69, 9.17) is 46.4 Å². The van der Waals surface area contributed by atoms with E-state index in [1.807, 2.05) is 0 Å². The van der Waals surface area contributed by atoms with Crippen LogP contribution < -0.4 is 5.32 Å². The highest BCUT2D eigenvalue weighted by Crippen LogP contribution is 2.40. The topological polar surface area (TPSA) is 55.4 Å². The largest absolute Gasteiger partial charge is 0.456 e. The third-order valence-corrected chi connectivity index (χ3v) is 3.36. The lowest BCUT2D eigenvalue weighted by Gasteiger charge is -2.11. The Labute approximate surface area is 123 Å². The molecular formula is C10H7Cl4NO3. The highest BCUT2D eigenvalue weighted by Gasteiger charge is 2.16. The number of hydrogen-bond donors (Lipinski definition) is 1. The number of benzene rings is 1. The van der Waals surface area contributed by atoms with Gasteiger partial charge in [-0.3, -0.25) is 9.59 Å². The second-order valence-electron chi connectivity index (χ2n) is 3.17. The minimum Gasteiger partial charge on any atom is -0.456 e. The van der Waals surface area contributed by atoms with Gasteiger partial charge in [0, 0.05) is 6.92 Å². The minimum absolute atomic E-state index is 0.0576. The predicted molar refractivity (Wildman–Crippen MR) is 71.7 cm³/mol. The van der Waals surface area contributed by atoms with Crippen molar-refractivity contribution in [1.29, 1.82) is 0 Å². The first kappa shape index (κ1) is 15.4. The average molecular weight is 331 g/mol. The van der Waals surface area contributed by atoms with Crippen molar-refractivity contribution in [2.24, 2.45) is 0 Å². The molecule has 1 aromatic carbocycles. The maximum atomic E-state index is 11.5. The zero-order valence-corrected chi connectivity index (χ0v) is 12.0. The van der Waals surface area contributed by atoms with Gasteiger partial charge >= 0.3 is 5.97 Å². The van der Waals surface area contributed by atoms with Crippen LogP contribution in [-0.4, -0.2) is 18.5 Å². The Morgan fingerprint density at radius 2 is 1.67 bits per heavy atom. The van der Waals surface area contributed by atoms with Gasteiger partial charge in [0.1, 0.15) is 0 Å². The second-order valence-corrected chi connectivity index (χ2v) is 4.74. The Bertz CT molecular complexity index is 478. The van der Waals surface area contributed by atoms with Crippen molar-refractivity contribution < 1.29 is 14.3 Å². The molecule has 0 aliphatic heterocycles. The van der Waals surface area contributed by atoms with Crippen molar-refractivity contribution >= 4 is 64.0 Å². The van der Waals surface area contributed by atoms with E-state index >= 15 is 0 Å². The summed E-state index contributed by atoms with van der Waals surface area (Å²) in [7, 11) is 0. The first-order chi connectivity index (χ1) is 8.32. The number of esters is 1. The van der Waals surface area contributed by atoms with Gasteiger partial charge in [-0.1, -0.05) is 46.4 Å². The number of carbonyl (C=O) groups is 2. The first-order valence-electron chi connectivity index (χ1n) is 4.59. The van der Waals surface area contributed by atoms with Crippen molar-refractivity contribution in [3.05, 3.63) is 26.2 Å². The molecule has 1 N–H and O–H groups in total. The van der Waals surface area contributed by atoms with Crippen LogP contribution in [0.4, 0.5) is 5.69 Å². The van der Waals surface area contributed by atoms with Crippen LogP contribution in [-0.2, 0) is 14.3 Å². The van der Waals surface area contributed by atoms with E-state index in [1.54, 1.807) is 0 Å². The summed E-state index contributed by atoms with van der Waals surface area (Å²) >= 11 is 23.3. The Balaban J connectivity index is 2.90. The summed E-state index contributed by atoms with van der Waals surface area (Å²) in [6, 6.07) is 1.36. The van der Waals surface area contributed by atoms with Crippen molar-refractivity contribution in [2.75, 3.05) is 11.9 Å². The van der Waals surface area contributed by atoms with Gasteiger partial charge in [0.15, 0.2) is 6.61 Å². The van der Waals surface area contributed by atoms with Gasteiger partial charge < -0.3 is 10.1 Å². The van der Waals surface area contributed by atoms with Crippen LogP contribution in [0.15, 0.2) is 6.07 Å². The monoisotopic (exact) mass is 329 g/mol. The van der Waals surface area contributed by atoms with Gasteiger partial charge in [0.05, 0.1) is 25.8 Å². The molecule has 1 amide bonds. The third-order valence-electron chi connectivity index (χ3n) is 1.78. The summed E-state index contributed by atoms with van der Waals surface area (Å²) in [5.41, 5.74) is 0.0768. The number of carbonyl (C=O) groups excluding carboxylic acids is 2. The lowest BCUT2D eigenvalue weighted by Crippen LogP contribution is -2.20. The Kier molecular flexibility index (Phi) is 5.53. The van der Waals surface area contributed by atoms with Crippen molar-refractivity contribution in [2.45, 2.75) is 6.92 Å². The van der Waals surface area contributed by atoms with Crippen LogP contribution in [0.3, 0.4) is 0 Å². The van der Waals surface area contributed by atoms with Crippen LogP contribution in [0.25, 0.3) is 0 Å². The molecule has 0 atom stereocenters. The molecule has 18 heavy (non-hydrogen) atoms. The number of rotatable bonds is 3. The molecule has 98 valence electrons. The lowest BCUT2D eigenvalue weighted by molar-refractivity contribution is -0.144. The number of amides is 1. The molecule has 1 aromatic rings. The fourth-order valence-electron chi connectivity index (χ4n) is 1.03. The quantitative estimate of drug-likeness (QED) is 0.677. The van der Waals surface area contributed by atoms with E-state index in [-0.39, 0.29) is 25.8 Å².